The van der Waals surface area contributed by atoms with Crippen molar-refractivity contribution < 1.29 is 9.53 Å². The molecule has 21 heavy (non-hydrogen) atoms. The molecule has 0 bridgehead atoms. The fourth-order valence-corrected chi connectivity index (χ4v) is 2.90. The highest BCUT2D eigenvalue weighted by Crippen LogP contribution is 2.19. The van der Waals surface area contributed by atoms with Gasteiger partial charge in [-0.3, -0.25) is 4.79 Å². The van der Waals surface area contributed by atoms with Crippen LogP contribution < -0.4 is 10.1 Å². The number of ether oxygens (including phenoxy) is 1. The molecule has 1 N–H and O–H groups in total. The zero-order valence-electron chi connectivity index (χ0n) is 13.3. The Hall–Kier alpha value is -1.55. The topological polar surface area (TPSA) is 41.6 Å². The van der Waals surface area contributed by atoms with Crippen LogP contribution in [0, 0.1) is 5.92 Å². The summed E-state index contributed by atoms with van der Waals surface area (Å²) >= 11 is 0. The van der Waals surface area contributed by atoms with Gasteiger partial charge in [0, 0.05) is 31.2 Å². The van der Waals surface area contributed by atoms with Crippen molar-refractivity contribution >= 4 is 5.91 Å². The number of piperazine rings is 1. The molecule has 0 spiro atoms. The van der Waals surface area contributed by atoms with E-state index in [1.165, 1.54) is 0 Å². The molecule has 0 radical (unpaired) electrons. The second-order valence-corrected chi connectivity index (χ2v) is 6.11. The zero-order chi connectivity index (χ0) is 15.2. The van der Waals surface area contributed by atoms with Gasteiger partial charge in [-0.05, 0) is 18.4 Å². The third kappa shape index (κ3) is 4.46. The lowest BCUT2D eigenvalue weighted by molar-refractivity contribution is -0.131. The molecule has 1 aliphatic heterocycles. The van der Waals surface area contributed by atoms with Crippen LogP contribution in [-0.2, 0) is 11.2 Å². The first kappa shape index (κ1) is 15.8. The maximum atomic E-state index is 12.5. The van der Waals surface area contributed by atoms with Crippen molar-refractivity contribution in [3.05, 3.63) is 29.8 Å². The van der Waals surface area contributed by atoms with Crippen LogP contribution in [0.15, 0.2) is 24.3 Å². The number of nitrogens with zero attached hydrogens (tertiary/aromatic N) is 1. The predicted octanol–water partition coefficient (Wildman–Crippen LogP) is 2.08. The first-order valence-electron chi connectivity index (χ1n) is 7.73. The normalized spacial score (nSPS) is 18.9. The maximum absolute atomic E-state index is 12.5. The molecule has 1 saturated heterocycles. The van der Waals surface area contributed by atoms with Crippen molar-refractivity contribution in [3.63, 3.8) is 0 Å². The lowest BCUT2D eigenvalue weighted by Gasteiger charge is -2.34. The highest BCUT2D eigenvalue weighted by molar-refractivity contribution is 5.79. The Morgan fingerprint density at radius 3 is 2.90 bits per heavy atom. The number of benzene rings is 1. The molecule has 0 saturated carbocycles. The molecule has 1 amide bonds. The Balaban J connectivity index is 1.96. The molecule has 4 nitrogen and oxygen atoms in total. The van der Waals surface area contributed by atoms with Crippen LogP contribution in [-0.4, -0.2) is 43.6 Å². The fraction of sp³-hybridized carbons (Fsp3) is 0.588. The summed E-state index contributed by atoms with van der Waals surface area (Å²) in [6.07, 6.45) is 1.52. The van der Waals surface area contributed by atoms with Crippen molar-refractivity contribution in [2.24, 2.45) is 5.92 Å². The Bertz CT molecular complexity index is 474. The summed E-state index contributed by atoms with van der Waals surface area (Å²) in [7, 11) is 1.65. The van der Waals surface area contributed by atoms with E-state index in [-0.39, 0.29) is 5.91 Å². The highest BCUT2D eigenvalue weighted by atomic mass is 16.5. The van der Waals surface area contributed by atoms with Gasteiger partial charge in [0.2, 0.25) is 5.91 Å². The molecule has 2 rings (SSSR count). The van der Waals surface area contributed by atoms with Crippen molar-refractivity contribution in [1.82, 2.24) is 10.2 Å². The molecule has 1 heterocycles. The summed E-state index contributed by atoms with van der Waals surface area (Å²) in [5, 5.41) is 3.50. The summed E-state index contributed by atoms with van der Waals surface area (Å²) in [5.41, 5.74) is 0.962. The number of methoxy groups -OCH3 is 1. The van der Waals surface area contributed by atoms with E-state index in [0.717, 1.165) is 37.4 Å². The largest absolute Gasteiger partial charge is 0.496 e. The van der Waals surface area contributed by atoms with Crippen LogP contribution in [0.25, 0.3) is 0 Å². The summed E-state index contributed by atoms with van der Waals surface area (Å²) in [5.74, 6) is 1.63. The number of carbonyl (C=O) groups excluding carboxylic acids is 1. The van der Waals surface area contributed by atoms with Crippen LogP contribution in [0.4, 0.5) is 0 Å². The number of amides is 1. The van der Waals surface area contributed by atoms with Gasteiger partial charge < -0.3 is 15.0 Å². The third-order valence-electron chi connectivity index (χ3n) is 3.90. The quantitative estimate of drug-likeness (QED) is 0.903. The van der Waals surface area contributed by atoms with Crippen molar-refractivity contribution in [1.29, 1.82) is 0 Å². The minimum Gasteiger partial charge on any atom is -0.496 e. The summed E-state index contributed by atoms with van der Waals surface area (Å²) < 4.78 is 5.32. The van der Waals surface area contributed by atoms with Crippen LogP contribution in [0.1, 0.15) is 25.8 Å². The molecule has 0 aromatic heterocycles. The van der Waals surface area contributed by atoms with Crippen LogP contribution >= 0.6 is 0 Å². The SMILES string of the molecule is COc1ccccc1CC(=O)N1CCNC(CC(C)C)C1. The van der Waals surface area contributed by atoms with E-state index in [9.17, 15) is 4.79 Å². The molecule has 116 valence electrons. The van der Waals surface area contributed by atoms with Gasteiger partial charge >= 0.3 is 0 Å². The smallest absolute Gasteiger partial charge is 0.227 e. The average molecular weight is 290 g/mol. The summed E-state index contributed by atoms with van der Waals surface area (Å²) in [4.78, 5) is 14.5. The standard InChI is InChI=1S/C17H26N2O2/c1-13(2)10-15-12-19(9-8-18-15)17(20)11-14-6-4-5-7-16(14)21-3/h4-7,13,15,18H,8-12H2,1-3H3. The van der Waals surface area contributed by atoms with Gasteiger partial charge in [-0.1, -0.05) is 32.0 Å². The van der Waals surface area contributed by atoms with Crippen molar-refractivity contribution in [2.45, 2.75) is 32.7 Å². The van der Waals surface area contributed by atoms with E-state index in [2.05, 4.69) is 19.2 Å². The Morgan fingerprint density at radius 2 is 2.19 bits per heavy atom. The average Bonchev–Trinajstić information content (AvgIpc) is 2.47. The molecular weight excluding hydrogens is 264 g/mol. The molecule has 1 aliphatic rings. The number of para-hydroxylation sites is 1. The van der Waals surface area contributed by atoms with Crippen LogP contribution in [0.5, 0.6) is 5.75 Å². The number of rotatable bonds is 5. The molecule has 1 aromatic carbocycles. The highest BCUT2D eigenvalue weighted by Gasteiger charge is 2.24. The van der Waals surface area contributed by atoms with Gasteiger partial charge in [-0.2, -0.15) is 0 Å². The molecule has 1 atom stereocenters. The molecule has 1 fully saturated rings. The third-order valence-corrected chi connectivity index (χ3v) is 3.90. The number of carbonyl (C=O) groups is 1. The second-order valence-electron chi connectivity index (χ2n) is 6.11. The first-order chi connectivity index (χ1) is 10.1. The van der Waals surface area contributed by atoms with E-state index in [0.29, 0.717) is 18.4 Å². The van der Waals surface area contributed by atoms with Crippen LogP contribution in [0.3, 0.4) is 0 Å². The molecule has 4 heteroatoms. The number of hydrogen-bond donors (Lipinski definition) is 1. The maximum Gasteiger partial charge on any atom is 0.227 e. The van der Waals surface area contributed by atoms with Gasteiger partial charge in [0.15, 0.2) is 0 Å². The minimum atomic E-state index is 0.190. The van der Waals surface area contributed by atoms with Gasteiger partial charge in [-0.15, -0.1) is 0 Å². The minimum absolute atomic E-state index is 0.190. The Morgan fingerprint density at radius 1 is 1.43 bits per heavy atom. The van der Waals surface area contributed by atoms with Crippen molar-refractivity contribution in [3.8, 4) is 5.75 Å². The molecular formula is C17H26N2O2. The van der Waals surface area contributed by atoms with E-state index in [4.69, 9.17) is 4.74 Å². The van der Waals surface area contributed by atoms with E-state index >= 15 is 0 Å². The Kier molecular flexibility index (Phi) is 5.62. The van der Waals surface area contributed by atoms with Crippen molar-refractivity contribution in [2.75, 3.05) is 26.7 Å². The van der Waals surface area contributed by atoms with Gasteiger partial charge in [0.05, 0.1) is 13.5 Å². The fourth-order valence-electron chi connectivity index (χ4n) is 2.90. The van der Waals surface area contributed by atoms with E-state index < -0.39 is 0 Å². The monoisotopic (exact) mass is 290 g/mol. The van der Waals surface area contributed by atoms with Gasteiger partial charge in [0.25, 0.3) is 0 Å². The molecule has 0 aliphatic carbocycles. The van der Waals surface area contributed by atoms with Gasteiger partial charge in [-0.25, -0.2) is 0 Å². The molecule has 1 unspecified atom stereocenters. The number of nitrogens with one attached hydrogen (secondary N) is 1. The first-order valence-corrected chi connectivity index (χ1v) is 7.73. The number of hydrogen-bond acceptors (Lipinski definition) is 3. The molecule has 1 aromatic rings. The lowest BCUT2D eigenvalue weighted by atomic mass is 10.0. The predicted molar refractivity (Wildman–Crippen MR) is 84.5 cm³/mol. The van der Waals surface area contributed by atoms with Gasteiger partial charge in [0.1, 0.15) is 5.75 Å². The zero-order valence-corrected chi connectivity index (χ0v) is 13.3. The van der Waals surface area contributed by atoms with Crippen LogP contribution in [0.2, 0.25) is 0 Å². The summed E-state index contributed by atoms with van der Waals surface area (Å²) in [6, 6.07) is 8.16. The van der Waals surface area contributed by atoms with E-state index in [1.807, 2.05) is 29.2 Å². The van der Waals surface area contributed by atoms with E-state index in [1.54, 1.807) is 7.11 Å². The second kappa shape index (κ2) is 7.46. The Labute approximate surface area is 127 Å². The lowest BCUT2D eigenvalue weighted by Crippen LogP contribution is -2.53. The summed E-state index contributed by atoms with van der Waals surface area (Å²) in [6.45, 7) is 6.93.